The number of benzene rings is 1. The van der Waals surface area contributed by atoms with Gasteiger partial charge in [0.15, 0.2) is 0 Å². The zero-order chi connectivity index (χ0) is 14.7. The van der Waals surface area contributed by atoms with E-state index in [1.54, 1.807) is 13.2 Å². The quantitative estimate of drug-likeness (QED) is 0.932. The number of hydrogen-bond acceptors (Lipinski definition) is 3. The first kappa shape index (κ1) is 15.1. The summed E-state index contributed by atoms with van der Waals surface area (Å²) < 4.78 is 5.25. The van der Waals surface area contributed by atoms with E-state index in [4.69, 9.17) is 16.3 Å². The summed E-state index contributed by atoms with van der Waals surface area (Å²) in [4.78, 5) is 14.6. The van der Waals surface area contributed by atoms with E-state index in [1.165, 1.54) is 0 Å². The van der Waals surface area contributed by atoms with Crippen molar-refractivity contribution in [3.63, 3.8) is 0 Å². The van der Waals surface area contributed by atoms with Crippen molar-refractivity contribution in [2.45, 2.75) is 19.8 Å². The largest absolute Gasteiger partial charge is 0.495 e. The molecular weight excluding hydrogens is 276 g/mol. The molecule has 0 spiro atoms. The topological polar surface area (TPSA) is 41.6 Å². The number of nitrogens with zero attached hydrogens (tertiary/aromatic N) is 1. The molecule has 0 bridgehead atoms. The lowest BCUT2D eigenvalue weighted by Crippen LogP contribution is -2.46. The molecule has 1 aliphatic heterocycles. The summed E-state index contributed by atoms with van der Waals surface area (Å²) in [5, 5.41) is 3.73. The van der Waals surface area contributed by atoms with Crippen molar-refractivity contribution >= 4 is 17.5 Å². The minimum atomic E-state index is 0.0553. The predicted molar refractivity (Wildman–Crippen MR) is 80.9 cm³/mol. The normalized spacial score (nSPS) is 15.6. The third kappa shape index (κ3) is 3.07. The minimum Gasteiger partial charge on any atom is -0.495 e. The number of rotatable bonds is 3. The van der Waals surface area contributed by atoms with Crippen LogP contribution < -0.4 is 10.1 Å². The second-order valence-corrected chi connectivity index (χ2v) is 5.68. The maximum Gasteiger partial charge on any atom is 0.254 e. The Kier molecular flexibility index (Phi) is 4.89. The standard InChI is InChI=1S/C15H21ClN2O2/c1-10(2)11-9-14(20-3)13(16)8-12(11)15(19)18-6-4-17-5-7-18/h8-10,17H,4-7H2,1-3H3. The molecule has 1 heterocycles. The molecule has 0 aromatic heterocycles. The number of nitrogens with one attached hydrogen (secondary N) is 1. The van der Waals surface area contributed by atoms with Crippen LogP contribution in [0.5, 0.6) is 5.75 Å². The Morgan fingerprint density at radius 2 is 2.00 bits per heavy atom. The van der Waals surface area contributed by atoms with E-state index < -0.39 is 0 Å². The number of methoxy groups -OCH3 is 1. The summed E-state index contributed by atoms with van der Waals surface area (Å²) in [6.45, 7) is 7.29. The second-order valence-electron chi connectivity index (χ2n) is 5.27. The summed E-state index contributed by atoms with van der Waals surface area (Å²) in [6, 6.07) is 3.61. The fourth-order valence-corrected chi connectivity index (χ4v) is 2.67. The second kappa shape index (κ2) is 6.46. The molecule has 0 atom stereocenters. The Labute approximate surface area is 125 Å². The van der Waals surface area contributed by atoms with Gasteiger partial charge < -0.3 is 15.0 Å². The van der Waals surface area contributed by atoms with Crippen molar-refractivity contribution in [3.8, 4) is 5.75 Å². The van der Waals surface area contributed by atoms with Crippen molar-refractivity contribution in [2.24, 2.45) is 0 Å². The van der Waals surface area contributed by atoms with E-state index in [0.717, 1.165) is 31.7 Å². The highest BCUT2D eigenvalue weighted by Gasteiger charge is 2.23. The number of carbonyl (C=O) groups excluding carboxylic acids is 1. The highest BCUT2D eigenvalue weighted by Crippen LogP contribution is 2.32. The van der Waals surface area contributed by atoms with Gasteiger partial charge in [0, 0.05) is 31.7 Å². The first-order chi connectivity index (χ1) is 9.54. The van der Waals surface area contributed by atoms with E-state index in [-0.39, 0.29) is 11.8 Å². The van der Waals surface area contributed by atoms with Crippen molar-refractivity contribution in [1.29, 1.82) is 0 Å². The van der Waals surface area contributed by atoms with Crippen molar-refractivity contribution in [3.05, 3.63) is 28.3 Å². The van der Waals surface area contributed by atoms with Gasteiger partial charge in [0.25, 0.3) is 5.91 Å². The van der Waals surface area contributed by atoms with Crippen LogP contribution in [-0.4, -0.2) is 44.1 Å². The molecule has 5 heteroatoms. The van der Waals surface area contributed by atoms with Gasteiger partial charge in [-0.2, -0.15) is 0 Å². The summed E-state index contributed by atoms with van der Waals surface area (Å²) in [6.07, 6.45) is 0. The fourth-order valence-electron chi connectivity index (χ4n) is 2.43. The molecule has 0 aliphatic carbocycles. The van der Waals surface area contributed by atoms with Gasteiger partial charge in [0.2, 0.25) is 0 Å². The zero-order valence-electron chi connectivity index (χ0n) is 12.2. The lowest BCUT2D eigenvalue weighted by molar-refractivity contribution is 0.0734. The lowest BCUT2D eigenvalue weighted by atomic mass is 9.95. The molecule has 20 heavy (non-hydrogen) atoms. The Hall–Kier alpha value is -1.26. The third-order valence-corrected chi connectivity index (χ3v) is 3.88. The van der Waals surface area contributed by atoms with Crippen LogP contribution in [0, 0.1) is 0 Å². The number of piperazine rings is 1. The Bertz CT molecular complexity index is 497. The van der Waals surface area contributed by atoms with E-state index in [1.807, 2.05) is 11.0 Å². The van der Waals surface area contributed by atoms with E-state index >= 15 is 0 Å². The molecule has 1 aromatic carbocycles. The fraction of sp³-hybridized carbons (Fsp3) is 0.533. The summed E-state index contributed by atoms with van der Waals surface area (Å²) in [7, 11) is 1.59. The molecule has 1 aromatic rings. The number of halogens is 1. The van der Waals surface area contributed by atoms with Gasteiger partial charge in [-0.3, -0.25) is 4.79 Å². The van der Waals surface area contributed by atoms with Crippen LogP contribution in [-0.2, 0) is 0 Å². The van der Waals surface area contributed by atoms with Crippen LogP contribution in [0.1, 0.15) is 35.7 Å². The van der Waals surface area contributed by atoms with Crippen LogP contribution in [0.15, 0.2) is 12.1 Å². The smallest absolute Gasteiger partial charge is 0.254 e. The number of ether oxygens (including phenoxy) is 1. The molecule has 1 amide bonds. The lowest BCUT2D eigenvalue weighted by Gasteiger charge is -2.29. The van der Waals surface area contributed by atoms with Gasteiger partial charge in [-0.1, -0.05) is 25.4 Å². The molecular formula is C15H21ClN2O2. The molecule has 1 aliphatic rings. The van der Waals surface area contributed by atoms with Crippen LogP contribution in [0.3, 0.4) is 0 Å². The van der Waals surface area contributed by atoms with Crippen molar-refractivity contribution in [1.82, 2.24) is 10.2 Å². The van der Waals surface area contributed by atoms with Crippen molar-refractivity contribution in [2.75, 3.05) is 33.3 Å². The van der Waals surface area contributed by atoms with Crippen LogP contribution in [0.4, 0.5) is 0 Å². The van der Waals surface area contributed by atoms with E-state index in [0.29, 0.717) is 16.3 Å². The number of carbonyl (C=O) groups is 1. The number of amides is 1. The average molecular weight is 297 g/mol. The zero-order valence-corrected chi connectivity index (χ0v) is 13.0. The van der Waals surface area contributed by atoms with Crippen molar-refractivity contribution < 1.29 is 9.53 Å². The summed E-state index contributed by atoms with van der Waals surface area (Å²) in [5.74, 6) is 0.912. The van der Waals surface area contributed by atoms with Crippen LogP contribution in [0.2, 0.25) is 5.02 Å². The summed E-state index contributed by atoms with van der Waals surface area (Å²) >= 11 is 6.18. The monoisotopic (exact) mass is 296 g/mol. The predicted octanol–water partition coefficient (Wildman–Crippen LogP) is 2.52. The Morgan fingerprint density at radius 1 is 1.35 bits per heavy atom. The summed E-state index contributed by atoms with van der Waals surface area (Å²) in [5.41, 5.74) is 1.67. The maximum atomic E-state index is 12.7. The van der Waals surface area contributed by atoms with Gasteiger partial charge in [-0.15, -0.1) is 0 Å². The average Bonchev–Trinajstić information content (AvgIpc) is 2.46. The maximum absolute atomic E-state index is 12.7. The van der Waals surface area contributed by atoms with Gasteiger partial charge in [-0.05, 0) is 23.6 Å². The highest BCUT2D eigenvalue weighted by molar-refractivity contribution is 6.32. The van der Waals surface area contributed by atoms with Crippen LogP contribution >= 0.6 is 11.6 Å². The highest BCUT2D eigenvalue weighted by atomic mass is 35.5. The van der Waals surface area contributed by atoms with Crippen LogP contribution in [0.25, 0.3) is 0 Å². The molecule has 0 saturated carbocycles. The first-order valence-electron chi connectivity index (χ1n) is 6.92. The van der Waals surface area contributed by atoms with Gasteiger partial charge >= 0.3 is 0 Å². The van der Waals surface area contributed by atoms with Gasteiger partial charge in [0.1, 0.15) is 5.75 Å². The molecule has 4 nitrogen and oxygen atoms in total. The molecule has 1 fully saturated rings. The first-order valence-corrected chi connectivity index (χ1v) is 7.29. The van der Waals surface area contributed by atoms with Gasteiger partial charge in [-0.25, -0.2) is 0 Å². The minimum absolute atomic E-state index is 0.0553. The molecule has 110 valence electrons. The third-order valence-electron chi connectivity index (χ3n) is 3.58. The molecule has 0 radical (unpaired) electrons. The Balaban J connectivity index is 2.38. The Morgan fingerprint density at radius 3 is 2.55 bits per heavy atom. The van der Waals surface area contributed by atoms with E-state index in [2.05, 4.69) is 19.2 Å². The molecule has 1 saturated heterocycles. The molecule has 0 unspecified atom stereocenters. The van der Waals surface area contributed by atoms with E-state index in [9.17, 15) is 4.79 Å². The molecule has 2 rings (SSSR count). The van der Waals surface area contributed by atoms with Gasteiger partial charge in [0.05, 0.1) is 12.1 Å². The number of hydrogen-bond donors (Lipinski definition) is 1. The molecule has 1 N–H and O–H groups in total. The SMILES string of the molecule is COc1cc(C(C)C)c(C(=O)N2CCNCC2)cc1Cl.